The third-order valence-electron chi connectivity index (χ3n) is 3.49. The highest BCUT2D eigenvalue weighted by molar-refractivity contribution is 7.89. The maximum absolute atomic E-state index is 12.1. The van der Waals surface area contributed by atoms with Crippen molar-refractivity contribution in [1.29, 1.82) is 0 Å². The number of carbonyl (C=O) groups excluding carboxylic acids is 1. The number of hydrazine groups is 1. The van der Waals surface area contributed by atoms with Crippen molar-refractivity contribution in [2.75, 3.05) is 0 Å². The summed E-state index contributed by atoms with van der Waals surface area (Å²) in [4.78, 5) is 13.7. The minimum absolute atomic E-state index is 0.0333. The fourth-order valence-corrected chi connectivity index (χ4v) is 3.06. The molecule has 1 heterocycles. The predicted molar refractivity (Wildman–Crippen MR) is 74.8 cm³/mol. The van der Waals surface area contributed by atoms with E-state index in [9.17, 15) is 13.2 Å². The Morgan fingerprint density at radius 2 is 2.14 bits per heavy atom. The van der Waals surface area contributed by atoms with Crippen LogP contribution >= 0.6 is 11.6 Å². The summed E-state index contributed by atoms with van der Waals surface area (Å²) in [5.41, 5.74) is 2.62. The number of halogens is 1. The van der Waals surface area contributed by atoms with Gasteiger partial charge in [-0.15, -0.1) is 4.83 Å². The minimum atomic E-state index is -3.87. The number of rotatable bonds is 4. The molecule has 9 heteroatoms. The maximum atomic E-state index is 12.1. The van der Waals surface area contributed by atoms with Gasteiger partial charge in [-0.25, -0.2) is 8.42 Å². The van der Waals surface area contributed by atoms with Gasteiger partial charge in [-0.05, 0) is 31.0 Å². The van der Waals surface area contributed by atoms with Crippen molar-refractivity contribution < 1.29 is 17.7 Å². The molecule has 0 spiro atoms. The zero-order valence-corrected chi connectivity index (χ0v) is 12.4. The molecule has 3 rings (SSSR count). The Bertz CT molecular complexity index is 798. The van der Waals surface area contributed by atoms with E-state index >= 15 is 0 Å². The third kappa shape index (κ3) is 2.74. The zero-order valence-electron chi connectivity index (χ0n) is 10.8. The number of sulfonamides is 1. The zero-order chi connectivity index (χ0) is 15.0. The highest BCUT2D eigenvalue weighted by Gasteiger charge is 2.26. The van der Waals surface area contributed by atoms with Crippen LogP contribution in [0.25, 0.3) is 11.0 Å². The third-order valence-corrected chi connectivity index (χ3v) is 5.01. The molecule has 7 nitrogen and oxygen atoms in total. The quantitative estimate of drug-likeness (QED) is 0.829. The fraction of sp³-hybridized carbons (Fsp3) is 0.333. The minimum Gasteiger partial charge on any atom is -0.355 e. The van der Waals surface area contributed by atoms with Crippen LogP contribution in [-0.2, 0) is 14.8 Å². The SMILES string of the molecule is O=C(NNS(=O)(=O)c1ccc2onc(Cl)c2c1)C1CCC1. The van der Waals surface area contributed by atoms with Crippen molar-refractivity contribution in [3.8, 4) is 0 Å². The Balaban J connectivity index is 1.78. The van der Waals surface area contributed by atoms with Gasteiger partial charge < -0.3 is 4.52 Å². The van der Waals surface area contributed by atoms with E-state index in [-0.39, 0.29) is 21.9 Å². The van der Waals surface area contributed by atoms with Gasteiger partial charge in [-0.1, -0.05) is 23.2 Å². The fourth-order valence-electron chi connectivity index (χ4n) is 2.00. The molecule has 1 aliphatic rings. The summed E-state index contributed by atoms with van der Waals surface area (Å²) >= 11 is 5.80. The molecule has 1 fully saturated rings. The molecule has 0 unspecified atom stereocenters. The van der Waals surface area contributed by atoms with Crippen LogP contribution in [0.4, 0.5) is 0 Å². The first kappa shape index (κ1) is 14.3. The number of amides is 1. The van der Waals surface area contributed by atoms with Gasteiger partial charge in [-0.3, -0.25) is 10.2 Å². The number of benzene rings is 1. The number of nitrogens with one attached hydrogen (secondary N) is 2. The molecule has 1 aromatic heterocycles. The van der Waals surface area contributed by atoms with E-state index in [4.69, 9.17) is 16.1 Å². The number of hydrogen-bond acceptors (Lipinski definition) is 5. The largest absolute Gasteiger partial charge is 0.355 e. The standard InChI is InChI=1S/C12H12ClN3O4S/c13-11-9-6-8(4-5-10(9)20-15-11)21(18,19)16-14-12(17)7-2-1-3-7/h4-7,16H,1-3H2,(H,14,17). The predicted octanol–water partition coefficient (Wildman–Crippen LogP) is 1.59. The van der Waals surface area contributed by atoms with Crippen molar-refractivity contribution >= 4 is 38.5 Å². The molecular formula is C12H12ClN3O4S. The Labute approximate surface area is 125 Å². The summed E-state index contributed by atoms with van der Waals surface area (Å²) in [6.07, 6.45) is 2.57. The summed E-state index contributed by atoms with van der Waals surface area (Å²) in [5.74, 6) is -0.420. The highest BCUT2D eigenvalue weighted by atomic mass is 35.5. The second kappa shape index (κ2) is 5.28. The van der Waals surface area contributed by atoms with Gasteiger partial charge >= 0.3 is 0 Å². The second-order valence-electron chi connectivity index (χ2n) is 4.85. The average Bonchev–Trinajstić information content (AvgIpc) is 2.76. The number of fused-ring (bicyclic) bond motifs is 1. The number of aromatic nitrogens is 1. The van der Waals surface area contributed by atoms with Gasteiger partial charge in [0.25, 0.3) is 10.0 Å². The highest BCUT2D eigenvalue weighted by Crippen LogP contribution is 2.27. The Kier molecular flexibility index (Phi) is 3.60. The molecule has 112 valence electrons. The van der Waals surface area contributed by atoms with Gasteiger partial charge in [-0.2, -0.15) is 0 Å². The molecule has 1 saturated carbocycles. The van der Waals surface area contributed by atoms with E-state index in [1.165, 1.54) is 18.2 Å². The summed E-state index contributed by atoms with van der Waals surface area (Å²) < 4.78 is 29.1. The van der Waals surface area contributed by atoms with Crippen molar-refractivity contribution in [3.63, 3.8) is 0 Å². The number of carbonyl (C=O) groups is 1. The van der Waals surface area contributed by atoms with Gasteiger partial charge in [0.05, 0.1) is 10.3 Å². The normalized spacial score (nSPS) is 15.9. The number of hydrogen-bond donors (Lipinski definition) is 2. The van der Waals surface area contributed by atoms with Crippen LogP contribution in [0, 0.1) is 5.92 Å². The summed E-state index contributed by atoms with van der Waals surface area (Å²) in [6.45, 7) is 0. The maximum Gasteiger partial charge on any atom is 0.257 e. The monoisotopic (exact) mass is 329 g/mol. The Morgan fingerprint density at radius 1 is 1.38 bits per heavy atom. The summed E-state index contributed by atoms with van der Waals surface area (Å²) in [7, 11) is -3.87. The molecule has 0 saturated heterocycles. The Morgan fingerprint density at radius 3 is 2.81 bits per heavy atom. The van der Waals surface area contributed by atoms with Gasteiger partial charge in [0.15, 0.2) is 10.7 Å². The van der Waals surface area contributed by atoms with Crippen LogP contribution in [0.1, 0.15) is 19.3 Å². The summed E-state index contributed by atoms with van der Waals surface area (Å²) in [6, 6.07) is 4.14. The van der Waals surface area contributed by atoms with Crippen LogP contribution in [0.5, 0.6) is 0 Å². The van der Waals surface area contributed by atoms with Crippen LogP contribution in [0.2, 0.25) is 5.15 Å². The molecule has 1 aliphatic carbocycles. The van der Waals surface area contributed by atoms with Crippen LogP contribution in [-0.4, -0.2) is 19.5 Å². The van der Waals surface area contributed by atoms with Gasteiger partial charge in [0.1, 0.15) is 0 Å². The van der Waals surface area contributed by atoms with Crippen LogP contribution in [0.3, 0.4) is 0 Å². The van der Waals surface area contributed by atoms with Crippen LogP contribution < -0.4 is 10.3 Å². The van der Waals surface area contributed by atoms with Crippen molar-refractivity contribution in [3.05, 3.63) is 23.4 Å². The molecule has 2 N–H and O–H groups in total. The first-order valence-electron chi connectivity index (χ1n) is 6.34. The second-order valence-corrected chi connectivity index (χ2v) is 6.89. The molecule has 0 aliphatic heterocycles. The molecule has 0 radical (unpaired) electrons. The van der Waals surface area contributed by atoms with Gasteiger partial charge in [0.2, 0.25) is 5.91 Å². The summed E-state index contributed by atoms with van der Waals surface area (Å²) in [5, 5.41) is 4.02. The van der Waals surface area contributed by atoms with Crippen molar-refractivity contribution in [2.24, 2.45) is 5.92 Å². The molecule has 1 aromatic carbocycles. The lowest BCUT2D eigenvalue weighted by atomic mass is 9.85. The van der Waals surface area contributed by atoms with Gasteiger partial charge in [0, 0.05) is 5.92 Å². The Hall–Kier alpha value is -1.64. The molecular weight excluding hydrogens is 318 g/mol. The van der Waals surface area contributed by atoms with E-state index in [1.54, 1.807) is 0 Å². The smallest absolute Gasteiger partial charge is 0.257 e. The topological polar surface area (TPSA) is 101 Å². The average molecular weight is 330 g/mol. The van der Waals surface area contributed by atoms with E-state index in [2.05, 4.69) is 15.4 Å². The van der Waals surface area contributed by atoms with E-state index < -0.39 is 10.0 Å². The lowest BCUT2D eigenvalue weighted by Gasteiger charge is -2.23. The lowest BCUT2D eigenvalue weighted by Crippen LogP contribution is -2.45. The van der Waals surface area contributed by atoms with E-state index in [0.717, 1.165) is 19.3 Å². The van der Waals surface area contributed by atoms with E-state index in [0.29, 0.717) is 11.0 Å². The van der Waals surface area contributed by atoms with Crippen LogP contribution in [0.15, 0.2) is 27.6 Å². The van der Waals surface area contributed by atoms with E-state index in [1.807, 2.05) is 0 Å². The molecule has 21 heavy (non-hydrogen) atoms. The van der Waals surface area contributed by atoms with Crippen molar-refractivity contribution in [1.82, 2.24) is 15.4 Å². The first-order valence-corrected chi connectivity index (χ1v) is 8.20. The molecule has 0 atom stereocenters. The molecule has 0 bridgehead atoms. The number of nitrogens with zero attached hydrogens (tertiary/aromatic N) is 1. The lowest BCUT2D eigenvalue weighted by molar-refractivity contribution is -0.127. The molecule has 2 aromatic rings. The molecule has 1 amide bonds. The van der Waals surface area contributed by atoms with Crippen molar-refractivity contribution in [2.45, 2.75) is 24.2 Å². The first-order chi connectivity index (χ1) is 9.97.